The highest BCUT2D eigenvalue weighted by Gasteiger charge is 2.42. The predicted octanol–water partition coefficient (Wildman–Crippen LogP) is 2.47. The van der Waals surface area contributed by atoms with Crippen molar-refractivity contribution < 1.29 is 9.90 Å². The Balaban J connectivity index is 2.18. The Hall–Kier alpha value is -1.39. The van der Waals surface area contributed by atoms with E-state index in [-0.39, 0.29) is 11.8 Å². The van der Waals surface area contributed by atoms with Crippen LogP contribution in [0.25, 0.3) is 0 Å². The summed E-state index contributed by atoms with van der Waals surface area (Å²) in [4.78, 5) is 17.2. The van der Waals surface area contributed by atoms with Gasteiger partial charge < -0.3 is 14.9 Å². The number of hydrogen-bond donors (Lipinski definition) is 1. The number of carbonyl (C=O) groups excluding carboxylic acids is 1. The van der Waals surface area contributed by atoms with Gasteiger partial charge >= 0.3 is 0 Å². The lowest BCUT2D eigenvalue weighted by Gasteiger charge is -2.40. The van der Waals surface area contributed by atoms with Crippen LogP contribution in [0.2, 0.25) is 0 Å². The molecule has 128 valence electrons. The van der Waals surface area contributed by atoms with E-state index in [0.717, 1.165) is 25.9 Å². The molecule has 0 aromatic heterocycles. The normalized spacial score (nSPS) is 19.2. The van der Waals surface area contributed by atoms with E-state index in [2.05, 4.69) is 19.0 Å². The van der Waals surface area contributed by atoms with E-state index in [1.165, 1.54) is 0 Å². The van der Waals surface area contributed by atoms with Gasteiger partial charge in [-0.15, -0.1) is 0 Å². The summed E-state index contributed by atoms with van der Waals surface area (Å²) in [7, 11) is 4.17. The first-order chi connectivity index (χ1) is 10.8. The van der Waals surface area contributed by atoms with Gasteiger partial charge in [0.05, 0.1) is 0 Å². The van der Waals surface area contributed by atoms with Crippen LogP contribution in [-0.4, -0.2) is 54.0 Å². The van der Waals surface area contributed by atoms with Crippen LogP contribution in [-0.2, 0) is 10.4 Å². The molecule has 1 amide bonds. The number of nitrogens with zero attached hydrogens (tertiary/aromatic N) is 2. The van der Waals surface area contributed by atoms with Crippen molar-refractivity contribution in [3.05, 3.63) is 35.9 Å². The molecule has 1 aromatic rings. The number of hydrogen-bond acceptors (Lipinski definition) is 3. The van der Waals surface area contributed by atoms with Gasteiger partial charge in [-0.25, -0.2) is 0 Å². The maximum atomic E-state index is 13.1. The Bertz CT molecular complexity index is 507. The molecule has 0 saturated carbocycles. The SMILES string of the molecule is CC(C)CC(O)(C(=O)N1CCC(N(C)C)CC1)c1ccccc1. The van der Waals surface area contributed by atoms with E-state index in [1.807, 2.05) is 49.1 Å². The topological polar surface area (TPSA) is 43.8 Å². The molecule has 0 bridgehead atoms. The van der Waals surface area contributed by atoms with Crippen LogP contribution >= 0.6 is 0 Å². The van der Waals surface area contributed by atoms with Crippen molar-refractivity contribution in [1.82, 2.24) is 9.80 Å². The molecule has 1 heterocycles. The van der Waals surface area contributed by atoms with Gasteiger partial charge in [-0.1, -0.05) is 44.2 Å². The van der Waals surface area contributed by atoms with Gasteiger partial charge in [0, 0.05) is 19.1 Å². The highest BCUT2D eigenvalue weighted by Crippen LogP contribution is 2.32. The summed E-state index contributed by atoms with van der Waals surface area (Å²) >= 11 is 0. The van der Waals surface area contributed by atoms with Crippen molar-refractivity contribution in [2.24, 2.45) is 5.92 Å². The first kappa shape index (κ1) is 18.0. The fraction of sp³-hybridized carbons (Fsp3) is 0.632. The van der Waals surface area contributed by atoms with E-state index >= 15 is 0 Å². The summed E-state index contributed by atoms with van der Waals surface area (Å²) in [6.45, 7) is 5.52. The molecule has 1 N–H and O–H groups in total. The quantitative estimate of drug-likeness (QED) is 0.907. The van der Waals surface area contributed by atoms with Crippen LogP contribution in [0.3, 0.4) is 0 Å². The van der Waals surface area contributed by atoms with Gasteiger partial charge in [0.15, 0.2) is 5.60 Å². The Kier molecular flexibility index (Phi) is 5.82. The third-order valence-corrected chi connectivity index (χ3v) is 4.79. The van der Waals surface area contributed by atoms with Gasteiger partial charge in [0.25, 0.3) is 5.91 Å². The summed E-state index contributed by atoms with van der Waals surface area (Å²) in [5.41, 5.74) is -0.714. The van der Waals surface area contributed by atoms with E-state index in [9.17, 15) is 9.90 Å². The van der Waals surface area contributed by atoms with Gasteiger partial charge in [0.1, 0.15) is 0 Å². The zero-order chi connectivity index (χ0) is 17.0. The molecular formula is C19H30N2O2. The molecule has 1 saturated heterocycles. The molecule has 2 rings (SSSR count). The van der Waals surface area contributed by atoms with Crippen LogP contribution in [0.5, 0.6) is 0 Å². The smallest absolute Gasteiger partial charge is 0.259 e. The second-order valence-electron chi connectivity index (χ2n) is 7.31. The number of carbonyl (C=O) groups is 1. The number of amides is 1. The fourth-order valence-corrected chi connectivity index (χ4v) is 3.48. The van der Waals surface area contributed by atoms with Crippen LogP contribution in [0.1, 0.15) is 38.7 Å². The monoisotopic (exact) mass is 318 g/mol. The Morgan fingerprint density at radius 1 is 1.26 bits per heavy atom. The molecule has 1 aliphatic rings. The minimum atomic E-state index is -1.42. The number of piperidine rings is 1. The second-order valence-corrected chi connectivity index (χ2v) is 7.31. The van der Waals surface area contributed by atoms with E-state index in [1.54, 1.807) is 0 Å². The highest BCUT2D eigenvalue weighted by molar-refractivity contribution is 5.86. The largest absolute Gasteiger partial charge is 0.375 e. The summed E-state index contributed by atoms with van der Waals surface area (Å²) in [6, 6.07) is 9.90. The Labute approximate surface area is 140 Å². The lowest BCUT2D eigenvalue weighted by Crippen LogP contribution is -2.52. The third kappa shape index (κ3) is 4.12. The molecule has 1 aliphatic heterocycles. The number of rotatable bonds is 5. The molecule has 1 unspecified atom stereocenters. The average Bonchev–Trinajstić information content (AvgIpc) is 2.54. The van der Waals surface area contributed by atoms with Gasteiger partial charge in [-0.05, 0) is 44.8 Å². The molecule has 0 radical (unpaired) electrons. The van der Waals surface area contributed by atoms with Crippen LogP contribution in [0.4, 0.5) is 0 Å². The maximum absolute atomic E-state index is 13.1. The van der Waals surface area contributed by atoms with Crippen molar-refractivity contribution in [1.29, 1.82) is 0 Å². The van der Waals surface area contributed by atoms with Gasteiger partial charge in [-0.2, -0.15) is 0 Å². The maximum Gasteiger partial charge on any atom is 0.259 e. The molecule has 1 aromatic carbocycles. The fourth-order valence-electron chi connectivity index (χ4n) is 3.48. The molecule has 1 fully saturated rings. The lowest BCUT2D eigenvalue weighted by atomic mass is 9.84. The molecule has 4 nitrogen and oxygen atoms in total. The van der Waals surface area contributed by atoms with E-state index < -0.39 is 5.60 Å². The molecule has 0 aliphatic carbocycles. The van der Waals surface area contributed by atoms with Gasteiger partial charge in [0.2, 0.25) is 0 Å². The van der Waals surface area contributed by atoms with Crippen molar-refractivity contribution in [2.75, 3.05) is 27.2 Å². The third-order valence-electron chi connectivity index (χ3n) is 4.79. The van der Waals surface area contributed by atoms with E-state index in [0.29, 0.717) is 18.0 Å². The first-order valence-electron chi connectivity index (χ1n) is 8.58. The zero-order valence-electron chi connectivity index (χ0n) is 14.8. The van der Waals surface area contributed by atoms with E-state index in [4.69, 9.17) is 0 Å². The molecular weight excluding hydrogens is 288 g/mol. The molecule has 1 atom stereocenters. The molecule has 0 spiro atoms. The minimum Gasteiger partial charge on any atom is -0.375 e. The van der Waals surface area contributed by atoms with Crippen molar-refractivity contribution in [3.63, 3.8) is 0 Å². The highest BCUT2D eigenvalue weighted by atomic mass is 16.3. The van der Waals surface area contributed by atoms with Crippen LogP contribution < -0.4 is 0 Å². The number of benzene rings is 1. The average molecular weight is 318 g/mol. The van der Waals surface area contributed by atoms with Crippen molar-refractivity contribution in [2.45, 2.75) is 44.8 Å². The van der Waals surface area contributed by atoms with Crippen molar-refractivity contribution in [3.8, 4) is 0 Å². The first-order valence-corrected chi connectivity index (χ1v) is 8.58. The second kappa shape index (κ2) is 7.45. The van der Waals surface area contributed by atoms with Gasteiger partial charge in [-0.3, -0.25) is 4.79 Å². The lowest BCUT2D eigenvalue weighted by molar-refractivity contribution is -0.156. The van der Waals surface area contributed by atoms with Crippen molar-refractivity contribution >= 4 is 5.91 Å². The number of likely N-dealkylation sites (tertiary alicyclic amines) is 1. The van der Waals surface area contributed by atoms with Crippen LogP contribution in [0, 0.1) is 5.92 Å². The Morgan fingerprint density at radius 2 is 1.83 bits per heavy atom. The standard InChI is InChI=1S/C19H30N2O2/c1-15(2)14-19(23,16-8-6-5-7-9-16)18(22)21-12-10-17(11-13-21)20(3)4/h5-9,15,17,23H,10-14H2,1-4H3. The zero-order valence-corrected chi connectivity index (χ0v) is 14.8. The summed E-state index contributed by atoms with van der Waals surface area (Å²) in [5.74, 6) is 0.0954. The summed E-state index contributed by atoms with van der Waals surface area (Å²) < 4.78 is 0. The predicted molar refractivity (Wildman–Crippen MR) is 93.1 cm³/mol. The number of aliphatic hydroxyl groups is 1. The Morgan fingerprint density at radius 3 is 2.30 bits per heavy atom. The molecule has 4 heteroatoms. The molecule has 23 heavy (non-hydrogen) atoms. The van der Waals surface area contributed by atoms with Crippen LogP contribution in [0.15, 0.2) is 30.3 Å². The summed E-state index contributed by atoms with van der Waals surface area (Å²) in [6.07, 6.45) is 2.38. The minimum absolute atomic E-state index is 0.144. The summed E-state index contributed by atoms with van der Waals surface area (Å²) in [5, 5.41) is 11.2.